The minimum absolute atomic E-state index is 0.0690. The topological polar surface area (TPSA) is 55.7 Å². The summed E-state index contributed by atoms with van der Waals surface area (Å²) < 4.78 is 0. The van der Waals surface area contributed by atoms with Gasteiger partial charge in [0.1, 0.15) is 11.4 Å². The van der Waals surface area contributed by atoms with Gasteiger partial charge in [-0.1, -0.05) is 92.3 Å². The van der Waals surface area contributed by atoms with Crippen molar-refractivity contribution in [2.75, 3.05) is 0 Å². The van der Waals surface area contributed by atoms with E-state index >= 15 is 0 Å². The maximum absolute atomic E-state index is 12.4. The molecule has 0 amide bonds. The number of carbonyl (C=O) groups excluding carboxylic acids is 1. The van der Waals surface area contributed by atoms with E-state index in [-0.39, 0.29) is 17.0 Å². The Bertz CT molecular complexity index is 956. The van der Waals surface area contributed by atoms with E-state index in [1.165, 1.54) is 11.8 Å². The van der Waals surface area contributed by atoms with Crippen LogP contribution >= 0.6 is 11.8 Å². The second-order valence-corrected chi connectivity index (χ2v) is 7.82. The molecule has 1 atom stereocenters. The number of benzene rings is 2. The molecule has 1 heterocycles. The van der Waals surface area contributed by atoms with E-state index in [0.717, 1.165) is 22.5 Å². The van der Waals surface area contributed by atoms with Crippen molar-refractivity contribution in [1.82, 2.24) is 15.2 Å². The lowest BCUT2D eigenvalue weighted by atomic mass is 10.0. The molecule has 0 N–H and O–H groups in total. The Morgan fingerprint density at radius 1 is 0.893 bits per heavy atom. The van der Waals surface area contributed by atoms with Gasteiger partial charge in [0.05, 0.1) is 5.25 Å². The molecule has 0 radical (unpaired) electrons. The third-order valence-electron chi connectivity index (χ3n) is 4.21. The zero-order valence-corrected chi connectivity index (χ0v) is 17.1. The summed E-state index contributed by atoms with van der Waals surface area (Å²) in [6, 6.07) is 19.9. The minimum Gasteiger partial charge on any atom is -0.294 e. The van der Waals surface area contributed by atoms with Crippen molar-refractivity contribution in [3.05, 3.63) is 72.8 Å². The molecule has 1 aromatic heterocycles. The molecular weight excluding hydrogens is 366 g/mol. The zero-order chi connectivity index (χ0) is 19.9. The van der Waals surface area contributed by atoms with Crippen LogP contribution in [0.2, 0.25) is 0 Å². The molecule has 4 nitrogen and oxygen atoms in total. The molecule has 142 valence electrons. The number of nitrogens with zero attached hydrogens (tertiary/aromatic N) is 3. The van der Waals surface area contributed by atoms with Crippen LogP contribution in [0.5, 0.6) is 0 Å². The van der Waals surface area contributed by atoms with Gasteiger partial charge in [-0.2, -0.15) is 0 Å². The van der Waals surface area contributed by atoms with Crippen molar-refractivity contribution in [2.24, 2.45) is 5.92 Å². The van der Waals surface area contributed by atoms with Crippen molar-refractivity contribution in [2.45, 2.75) is 31.2 Å². The summed E-state index contributed by atoms with van der Waals surface area (Å²) in [4.78, 5) is 17.2. The molecule has 0 saturated carbocycles. The molecular formula is C23H23N3OS. The summed E-state index contributed by atoms with van der Waals surface area (Å²) in [6.07, 6.45) is 3.38. The fourth-order valence-electron chi connectivity index (χ4n) is 2.84. The molecule has 5 heteroatoms. The highest BCUT2D eigenvalue weighted by Gasteiger charge is 2.24. The molecule has 0 aliphatic rings. The van der Waals surface area contributed by atoms with Gasteiger partial charge in [0.2, 0.25) is 5.16 Å². The number of allylic oxidation sites excluding steroid dienone is 2. The molecule has 0 saturated heterocycles. The Balaban J connectivity index is 2.04. The minimum atomic E-state index is -0.246. The lowest BCUT2D eigenvalue weighted by Gasteiger charge is -2.17. The highest BCUT2D eigenvalue weighted by molar-refractivity contribution is 8.00. The van der Waals surface area contributed by atoms with Crippen LogP contribution in [-0.4, -0.2) is 26.2 Å². The van der Waals surface area contributed by atoms with E-state index in [4.69, 9.17) is 4.98 Å². The molecule has 28 heavy (non-hydrogen) atoms. The summed E-state index contributed by atoms with van der Waals surface area (Å²) in [6.45, 7) is 5.91. The Morgan fingerprint density at radius 2 is 1.46 bits per heavy atom. The molecule has 3 rings (SSSR count). The zero-order valence-electron chi connectivity index (χ0n) is 16.2. The summed E-state index contributed by atoms with van der Waals surface area (Å²) in [5.41, 5.74) is 3.43. The molecule has 0 fully saturated rings. The predicted octanol–water partition coefficient (Wildman–Crippen LogP) is 5.47. The summed E-state index contributed by atoms with van der Waals surface area (Å²) in [7, 11) is 0. The quantitative estimate of drug-likeness (QED) is 0.396. The maximum Gasteiger partial charge on any atom is 0.210 e. The second kappa shape index (κ2) is 9.42. The van der Waals surface area contributed by atoms with Crippen LogP contribution in [0.1, 0.15) is 20.8 Å². The molecule has 0 aliphatic heterocycles. The fourth-order valence-corrected chi connectivity index (χ4v) is 3.77. The first-order valence-electron chi connectivity index (χ1n) is 9.29. The van der Waals surface area contributed by atoms with Crippen molar-refractivity contribution >= 4 is 17.5 Å². The Hall–Kier alpha value is -2.79. The van der Waals surface area contributed by atoms with Crippen LogP contribution in [0.15, 0.2) is 78.0 Å². The van der Waals surface area contributed by atoms with Gasteiger partial charge in [-0.05, 0) is 18.9 Å². The second-order valence-electron chi connectivity index (χ2n) is 6.71. The van der Waals surface area contributed by atoms with Crippen LogP contribution in [0, 0.1) is 5.92 Å². The Morgan fingerprint density at radius 3 is 2.00 bits per heavy atom. The molecule has 0 bridgehead atoms. The first-order chi connectivity index (χ1) is 13.6. The number of thioether (sulfide) groups is 1. The predicted molar refractivity (Wildman–Crippen MR) is 115 cm³/mol. The van der Waals surface area contributed by atoms with E-state index in [1.54, 1.807) is 12.2 Å². The van der Waals surface area contributed by atoms with E-state index < -0.39 is 0 Å². The van der Waals surface area contributed by atoms with Crippen molar-refractivity contribution in [1.29, 1.82) is 0 Å². The summed E-state index contributed by atoms with van der Waals surface area (Å²) in [5, 5.41) is 9.08. The van der Waals surface area contributed by atoms with E-state index in [9.17, 15) is 4.79 Å². The third kappa shape index (κ3) is 4.73. The van der Waals surface area contributed by atoms with E-state index in [2.05, 4.69) is 10.2 Å². The molecule has 2 aromatic carbocycles. The van der Waals surface area contributed by atoms with Gasteiger partial charge in [-0.3, -0.25) is 4.79 Å². The number of ketones is 1. The fraction of sp³-hybridized carbons (Fsp3) is 0.217. The van der Waals surface area contributed by atoms with Gasteiger partial charge in [-0.25, -0.2) is 4.98 Å². The van der Waals surface area contributed by atoms with Crippen LogP contribution < -0.4 is 0 Å². The number of hydrogen-bond donors (Lipinski definition) is 0. The van der Waals surface area contributed by atoms with Gasteiger partial charge >= 0.3 is 0 Å². The van der Waals surface area contributed by atoms with Gasteiger partial charge < -0.3 is 0 Å². The van der Waals surface area contributed by atoms with Crippen LogP contribution in [0.3, 0.4) is 0 Å². The van der Waals surface area contributed by atoms with Gasteiger partial charge in [0, 0.05) is 11.1 Å². The Labute approximate surface area is 170 Å². The number of carbonyl (C=O) groups is 1. The molecule has 0 spiro atoms. The largest absolute Gasteiger partial charge is 0.294 e. The molecule has 1 unspecified atom stereocenters. The summed E-state index contributed by atoms with van der Waals surface area (Å²) in [5.74, 6) is 0.228. The molecule has 0 aliphatic carbocycles. The summed E-state index contributed by atoms with van der Waals surface area (Å²) >= 11 is 1.37. The first-order valence-corrected chi connectivity index (χ1v) is 10.2. The average Bonchev–Trinajstić information content (AvgIpc) is 2.73. The monoisotopic (exact) mass is 389 g/mol. The number of hydrogen-bond acceptors (Lipinski definition) is 5. The average molecular weight is 390 g/mol. The van der Waals surface area contributed by atoms with Gasteiger partial charge in [-0.15, -0.1) is 10.2 Å². The molecule has 3 aromatic rings. The van der Waals surface area contributed by atoms with Crippen molar-refractivity contribution < 1.29 is 4.79 Å². The van der Waals surface area contributed by atoms with Crippen LogP contribution in [0.4, 0.5) is 0 Å². The van der Waals surface area contributed by atoms with Gasteiger partial charge in [0.25, 0.3) is 0 Å². The van der Waals surface area contributed by atoms with Crippen molar-refractivity contribution in [3.8, 4) is 22.5 Å². The van der Waals surface area contributed by atoms with Crippen molar-refractivity contribution in [3.63, 3.8) is 0 Å². The lowest BCUT2D eigenvalue weighted by Crippen LogP contribution is -2.22. The highest BCUT2D eigenvalue weighted by Crippen LogP contribution is 2.32. The maximum atomic E-state index is 12.4. The first kappa shape index (κ1) is 20.0. The van der Waals surface area contributed by atoms with Crippen LogP contribution in [-0.2, 0) is 4.79 Å². The SMILES string of the molecule is C/C=C/C(=O)C(Sc1nnc(-c2ccccc2)c(-c2ccccc2)n1)C(C)C. The lowest BCUT2D eigenvalue weighted by molar-refractivity contribution is -0.114. The standard InChI is InChI=1S/C23H23N3OS/c1-4-11-19(27)22(16(2)3)28-23-24-20(17-12-7-5-8-13-17)21(25-26-23)18-14-9-6-10-15-18/h4-16,22H,1-3H3/b11-4+. The number of rotatable bonds is 7. The van der Waals surface area contributed by atoms with Gasteiger partial charge in [0.15, 0.2) is 5.78 Å². The Kier molecular flexibility index (Phi) is 6.71. The normalized spacial score (nSPS) is 12.4. The third-order valence-corrected chi connectivity index (χ3v) is 5.63. The number of aromatic nitrogens is 3. The van der Waals surface area contributed by atoms with E-state index in [1.807, 2.05) is 81.4 Å². The van der Waals surface area contributed by atoms with Crippen LogP contribution in [0.25, 0.3) is 22.5 Å². The van der Waals surface area contributed by atoms with E-state index in [0.29, 0.717) is 5.16 Å². The smallest absolute Gasteiger partial charge is 0.210 e. The highest BCUT2D eigenvalue weighted by atomic mass is 32.2.